The quantitative estimate of drug-likeness (QED) is 0.870. The topological polar surface area (TPSA) is 70.7 Å². The Kier molecular flexibility index (Phi) is 3.11. The number of benzene rings is 1. The Morgan fingerprint density at radius 2 is 2.06 bits per heavy atom. The van der Waals surface area contributed by atoms with Crippen molar-refractivity contribution in [3.8, 4) is 6.07 Å². The summed E-state index contributed by atoms with van der Waals surface area (Å²) >= 11 is 0. The molecule has 1 aromatic heterocycles. The summed E-state index contributed by atoms with van der Waals surface area (Å²) in [5.74, 6) is 0.00998. The van der Waals surface area contributed by atoms with E-state index in [0.717, 1.165) is 5.56 Å². The van der Waals surface area contributed by atoms with Gasteiger partial charge >= 0.3 is 0 Å². The predicted molar refractivity (Wildman–Crippen MR) is 67.1 cm³/mol. The average molecular weight is 240 g/mol. The maximum atomic E-state index is 11.9. The minimum Gasteiger partial charge on any atom is -0.304 e. The van der Waals surface area contributed by atoms with Gasteiger partial charge in [0.25, 0.3) is 5.91 Å². The minimum atomic E-state index is -0.273. The van der Waals surface area contributed by atoms with Gasteiger partial charge in [-0.3, -0.25) is 9.48 Å². The molecule has 0 bridgehead atoms. The molecule has 1 N–H and O–H groups in total. The highest BCUT2D eigenvalue weighted by Gasteiger charge is 2.12. The summed E-state index contributed by atoms with van der Waals surface area (Å²) in [6.45, 7) is 1.95. The summed E-state index contributed by atoms with van der Waals surface area (Å²) in [4.78, 5) is 11.9. The van der Waals surface area contributed by atoms with Gasteiger partial charge in [-0.25, -0.2) is 0 Å². The highest BCUT2D eigenvalue weighted by molar-refractivity contribution is 6.04. The Balaban J connectivity index is 2.21. The van der Waals surface area contributed by atoms with Crippen LogP contribution in [0, 0.1) is 18.3 Å². The number of nitrogens with one attached hydrogen (secondary N) is 1. The van der Waals surface area contributed by atoms with Crippen molar-refractivity contribution in [3.05, 3.63) is 47.2 Å². The maximum Gasteiger partial charge on any atom is 0.256 e. The van der Waals surface area contributed by atoms with Crippen LogP contribution in [0.5, 0.6) is 0 Å². The number of aryl methyl sites for hydroxylation is 2. The standard InChI is InChI=1S/C13H12N4O/c1-9-3-5-10(6-4-9)13(18)15-12-11(7-14)8-17(2)16-12/h3-6,8H,1-2H3,(H,15,16,18). The first kappa shape index (κ1) is 11.9. The van der Waals surface area contributed by atoms with Crippen molar-refractivity contribution in [3.63, 3.8) is 0 Å². The lowest BCUT2D eigenvalue weighted by Gasteiger charge is -2.02. The van der Waals surface area contributed by atoms with Gasteiger partial charge in [-0.2, -0.15) is 10.4 Å². The smallest absolute Gasteiger partial charge is 0.256 e. The normalized spacial score (nSPS) is 9.83. The van der Waals surface area contributed by atoms with E-state index in [1.807, 2.05) is 25.1 Å². The van der Waals surface area contributed by atoms with Gasteiger partial charge in [0.2, 0.25) is 0 Å². The number of nitrogens with zero attached hydrogens (tertiary/aromatic N) is 3. The Bertz CT molecular complexity index is 619. The lowest BCUT2D eigenvalue weighted by molar-refractivity contribution is 0.102. The van der Waals surface area contributed by atoms with Gasteiger partial charge in [0.15, 0.2) is 5.82 Å². The second-order valence-electron chi connectivity index (χ2n) is 4.00. The number of hydrogen-bond acceptors (Lipinski definition) is 3. The average Bonchev–Trinajstić information content (AvgIpc) is 2.70. The van der Waals surface area contributed by atoms with Crippen LogP contribution in [0.2, 0.25) is 0 Å². The van der Waals surface area contributed by atoms with E-state index in [9.17, 15) is 4.79 Å². The third-order valence-corrected chi connectivity index (χ3v) is 2.49. The van der Waals surface area contributed by atoms with Crippen molar-refractivity contribution in [1.29, 1.82) is 5.26 Å². The predicted octanol–water partition coefficient (Wildman–Crippen LogP) is 1.85. The number of carbonyl (C=O) groups is 1. The van der Waals surface area contributed by atoms with Crippen LogP contribution in [0.1, 0.15) is 21.5 Å². The second kappa shape index (κ2) is 4.72. The Morgan fingerprint density at radius 3 is 2.67 bits per heavy atom. The van der Waals surface area contributed by atoms with E-state index in [0.29, 0.717) is 11.1 Å². The third kappa shape index (κ3) is 2.38. The Labute approximate surface area is 105 Å². The van der Waals surface area contributed by atoms with Crippen LogP contribution in [0.3, 0.4) is 0 Å². The van der Waals surface area contributed by atoms with Gasteiger partial charge in [0.05, 0.1) is 0 Å². The molecule has 5 heteroatoms. The summed E-state index contributed by atoms with van der Waals surface area (Å²) in [5.41, 5.74) is 1.97. The first-order chi connectivity index (χ1) is 8.60. The summed E-state index contributed by atoms with van der Waals surface area (Å²) in [5, 5.41) is 15.5. The number of aromatic nitrogens is 2. The van der Waals surface area contributed by atoms with E-state index >= 15 is 0 Å². The van der Waals surface area contributed by atoms with Crippen LogP contribution in [0.25, 0.3) is 0 Å². The summed E-state index contributed by atoms with van der Waals surface area (Å²) < 4.78 is 1.49. The fraction of sp³-hybridized carbons (Fsp3) is 0.154. The van der Waals surface area contributed by atoms with Crippen molar-refractivity contribution in [2.24, 2.45) is 7.05 Å². The highest BCUT2D eigenvalue weighted by atomic mass is 16.1. The molecule has 0 aliphatic heterocycles. The zero-order chi connectivity index (χ0) is 13.1. The molecule has 0 radical (unpaired) electrons. The summed E-state index contributed by atoms with van der Waals surface area (Å²) in [6, 6.07) is 9.18. The zero-order valence-corrected chi connectivity index (χ0v) is 10.1. The number of carbonyl (C=O) groups excluding carboxylic acids is 1. The van der Waals surface area contributed by atoms with Crippen LogP contribution >= 0.6 is 0 Å². The molecule has 0 fully saturated rings. The molecule has 0 saturated carbocycles. The van der Waals surface area contributed by atoms with Gasteiger partial charge < -0.3 is 5.32 Å². The van der Waals surface area contributed by atoms with E-state index in [4.69, 9.17) is 5.26 Å². The van der Waals surface area contributed by atoms with Crippen molar-refractivity contribution in [1.82, 2.24) is 9.78 Å². The molecule has 0 aliphatic rings. The largest absolute Gasteiger partial charge is 0.304 e. The van der Waals surface area contributed by atoms with Gasteiger partial charge in [-0.15, -0.1) is 0 Å². The first-order valence-electron chi connectivity index (χ1n) is 5.42. The van der Waals surface area contributed by atoms with Crippen LogP contribution in [0.15, 0.2) is 30.5 Å². The maximum absolute atomic E-state index is 11.9. The van der Waals surface area contributed by atoms with Crippen LogP contribution in [0.4, 0.5) is 5.82 Å². The molecule has 0 spiro atoms. The van der Waals surface area contributed by atoms with Crippen molar-refractivity contribution >= 4 is 11.7 Å². The molecule has 18 heavy (non-hydrogen) atoms. The van der Waals surface area contributed by atoms with E-state index < -0.39 is 0 Å². The first-order valence-corrected chi connectivity index (χ1v) is 5.42. The second-order valence-corrected chi connectivity index (χ2v) is 4.00. The van der Waals surface area contributed by atoms with Crippen molar-refractivity contribution < 1.29 is 4.79 Å². The molecular formula is C13H12N4O. The monoisotopic (exact) mass is 240 g/mol. The van der Waals surface area contributed by atoms with Gasteiger partial charge in [0.1, 0.15) is 11.6 Å². The summed E-state index contributed by atoms with van der Waals surface area (Å²) in [7, 11) is 1.70. The highest BCUT2D eigenvalue weighted by Crippen LogP contribution is 2.13. The molecule has 1 heterocycles. The Morgan fingerprint density at radius 1 is 1.39 bits per heavy atom. The molecule has 0 saturated heterocycles. The number of rotatable bonds is 2. The van der Waals surface area contributed by atoms with Crippen LogP contribution in [-0.4, -0.2) is 15.7 Å². The molecule has 2 aromatic rings. The number of nitriles is 1. The minimum absolute atomic E-state index is 0.273. The fourth-order valence-electron chi connectivity index (χ4n) is 1.55. The lowest BCUT2D eigenvalue weighted by Crippen LogP contribution is -2.13. The van der Waals surface area contributed by atoms with Gasteiger partial charge in [-0.1, -0.05) is 17.7 Å². The van der Waals surface area contributed by atoms with Crippen LogP contribution in [-0.2, 0) is 7.05 Å². The molecule has 90 valence electrons. The van der Waals surface area contributed by atoms with E-state index in [2.05, 4.69) is 10.4 Å². The molecular weight excluding hydrogens is 228 g/mol. The number of hydrogen-bond donors (Lipinski definition) is 1. The summed E-state index contributed by atoms with van der Waals surface area (Å²) in [6.07, 6.45) is 1.56. The van der Waals surface area contributed by atoms with Crippen molar-refractivity contribution in [2.45, 2.75) is 6.92 Å². The SMILES string of the molecule is Cc1ccc(C(=O)Nc2nn(C)cc2C#N)cc1. The molecule has 0 atom stereocenters. The third-order valence-electron chi connectivity index (χ3n) is 2.49. The van der Waals surface area contributed by atoms with E-state index in [1.165, 1.54) is 4.68 Å². The number of amides is 1. The van der Waals surface area contributed by atoms with Gasteiger partial charge in [0, 0.05) is 18.8 Å². The molecule has 2 rings (SSSR count). The fourth-order valence-corrected chi connectivity index (χ4v) is 1.55. The molecule has 1 aromatic carbocycles. The molecule has 1 amide bonds. The molecule has 0 aliphatic carbocycles. The van der Waals surface area contributed by atoms with Gasteiger partial charge in [-0.05, 0) is 19.1 Å². The van der Waals surface area contributed by atoms with E-state index in [-0.39, 0.29) is 11.7 Å². The number of anilines is 1. The van der Waals surface area contributed by atoms with Crippen molar-refractivity contribution in [2.75, 3.05) is 5.32 Å². The Hall–Kier alpha value is -2.61. The molecule has 5 nitrogen and oxygen atoms in total. The zero-order valence-electron chi connectivity index (χ0n) is 10.1. The van der Waals surface area contributed by atoms with E-state index in [1.54, 1.807) is 25.4 Å². The lowest BCUT2D eigenvalue weighted by atomic mass is 10.1. The molecule has 0 unspecified atom stereocenters. The van der Waals surface area contributed by atoms with Crippen LogP contribution < -0.4 is 5.32 Å².